The van der Waals surface area contributed by atoms with Gasteiger partial charge in [0.05, 0.1) is 134 Å². The number of aromatic carboxylic acids is 2. The van der Waals surface area contributed by atoms with Crippen molar-refractivity contribution in [1.82, 2.24) is 18.7 Å². The summed E-state index contributed by atoms with van der Waals surface area (Å²) in [6.45, 7) is 3.12. The maximum Gasteiger partial charge on any atom is 0.336 e. The van der Waals surface area contributed by atoms with Crippen molar-refractivity contribution in [2.45, 2.75) is 116 Å². The normalized spacial score (nSPS) is 12.2. The van der Waals surface area contributed by atoms with E-state index in [1.165, 1.54) is 151 Å². The molecule has 0 radical (unpaired) electrons. The molecule has 0 spiro atoms. The molecule has 18 rings (SSSR count). The number of fused-ring (bicyclic) bond motifs is 8. The maximum absolute atomic E-state index is 13.7. The van der Waals surface area contributed by atoms with Gasteiger partial charge in [-0.3, -0.25) is 38.4 Å². The number of nitrogens with one attached hydrogen (secondary N) is 2. The Morgan fingerprint density at radius 3 is 1.23 bits per heavy atom. The van der Waals surface area contributed by atoms with Crippen LogP contribution < -0.4 is 38.5 Å². The summed E-state index contributed by atoms with van der Waals surface area (Å²) in [5.74, 6) is -7.47. The minimum absolute atomic E-state index is 0.0532. The third-order valence-corrected chi connectivity index (χ3v) is 28.4. The number of carboxylic acid groups (broad SMARTS) is 4. The van der Waals surface area contributed by atoms with E-state index in [-0.39, 0.29) is 138 Å². The average Bonchev–Trinajstić information content (AvgIpc) is 0.745. The topological polar surface area (TPSA) is 365 Å². The zero-order chi connectivity index (χ0) is 106. The van der Waals surface area contributed by atoms with E-state index in [4.69, 9.17) is 171 Å². The van der Waals surface area contributed by atoms with Crippen molar-refractivity contribution >= 4 is 312 Å². The maximum atomic E-state index is 13.7. The molecule has 16 aromatic rings. The van der Waals surface area contributed by atoms with E-state index in [2.05, 4.69) is 31.0 Å². The lowest BCUT2D eigenvalue weighted by Crippen LogP contribution is -2.22. The highest BCUT2D eigenvalue weighted by Gasteiger charge is 2.25. The number of H-pyrrole nitrogens is 1. The Morgan fingerprint density at radius 2 is 0.793 bits per heavy atom. The van der Waals surface area contributed by atoms with Gasteiger partial charge in [-0.05, 0) is 256 Å². The van der Waals surface area contributed by atoms with Crippen LogP contribution in [0.1, 0.15) is 110 Å². The first kappa shape index (κ1) is 116. The van der Waals surface area contributed by atoms with Gasteiger partial charge in [0.1, 0.15) is 54.1 Å². The van der Waals surface area contributed by atoms with Gasteiger partial charge in [-0.15, -0.1) is 0 Å². The van der Waals surface area contributed by atoms with Gasteiger partial charge in [0.15, 0.2) is 21.7 Å². The Kier molecular flexibility index (Phi) is 43.5. The number of nitrogens with zero attached hydrogens (tertiary/aromatic N) is 3. The number of aliphatic carboxylic acids is 2. The Balaban J connectivity index is 0.000000173. The predicted octanol–water partition coefficient (Wildman–Crippen LogP) is 28.6. The van der Waals surface area contributed by atoms with Gasteiger partial charge in [0, 0.05) is 64.4 Å². The van der Waals surface area contributed by atoms with E-state index in [0.29, 0.717) is 119 Å². The highest BCUT2D eigenvalue weighted by molar-refractivity contribution is 14.1. The van der Waals surface area contributed by atoms with Crippen molar-refractivity contribution in [3.63, 3.8) is 0 Å². The number of esters is 2. The van der Waals surface area contributed by atoms with E-state index in [0.717, 1.165) is 42.8 Å². The summed E-state index contributed by atoms with van der Waals surface area (Å²) >= 11 is 76.8. The molecule has 2 aliphatic carbocycles. The van der Waals surface area contributed by atoms with Crippen LogP contribution in [-0.2, 0) is 54.7 Å². The van der Waals surface area contributed by atoms with Crippen LogP contribution in [0.3, 0.4) is 0 Å². The third kappa shape index (κ3) is 30.3. The lowest BCUT2D eigenvalue weighted by atomic mass is 9.95. The van der Waals surface area contributed by atoms with Crippen molar-refractivity contribution in [3.8, 4) is 0 Å². The van der Waals surface area contributed by atoms with Crippen LogP contribution in [0.15, 0.2) is 213 Å². The fourth-order valence-electron chi connectivity index (χ4n) is 15.5. The van der Waals surface area contributed by atoms with E-state index >= 15 is 0 Å². The second-order valence-electron chi connectivity index (χ2n) is 32.0. The molecular weight excluding hydrogens is 2320 g/mol. The fraction of sp³-hybridized carbons (Fsp3) is 0.204. The van der Waals surface area contributed by atoms with Gasteiger partial charge < -0.3 is 65.4 Å². The molecular formula is C103H84BrCl12F5IN7O16. The first-order valence-electron chi connectivity index (χ1n) is 43.8. The number of carbonyl (C=O) groups excluding carboxylic acids is 2. The molecule has 0 saturated heterocycles. The smallest absolute Gasteiger partial charge is 0.336 e. The van der Waals surface area contributed by atoms with Gasteiger partial charge >= 0.3 is 35.8 Å². The Bertz CT molecular complexity index is 7880. The average molecular weight is 2400 g/mol. The van der Waals surface area contributed by atoms with Crippen molar-refractivity contribution in [2.24, 2.45) is 5.73 Å². The largest absolute Gasteiger partial charge is 0.480 e. The summed E-state index contributed by atoms with van der Waals surface area (Å²) < 4.78 is 80.3. The molecule has 0 aliphatic heterocycles. The first-order valence-corrected chi connectivity index (χ1v) is 50.5. The minimum Gasteiger partial charge on any atom is -0.480 e. The number of anilines is 2. The van der Waals surface area contributed by atoms with Crippen LogP contribution in [0.2, 0.25) is 60.3 Å². The molecule has 42 heteroatoms. The van der Waals surface area contributed by atoms with Crippen LogP contribution in [-0.4, -0.2) is 106 Å². The van der Waals surface area contributed by atoms with E-state index in [1.807, 2.05) is 12.1 Å². The monoisotopic (exact) mass is 2400 g/mol. The number of hydrogen-bond acceptors (Lipinski definition) is 15. The van der Waals surface area contributed by atoms with Crippen molar-refractivity contribution in [3.05, 3.63) is 350 Å². The van der Waals surface area contributed by atoms with Gasteiger partial charge in [0.2, 0.25) is 0 Å². The summed E-state index contributed by atoms with van der Waals surface area (Å²) in [6, 6.07) is 47.4. The molecule has 12 aromatic carbocycles. The van der Waals surface area contributed by atoms with Crippen LogP contribution >= 0.6 is 178 Å². The van der Waals surface area contributed by atoms with E-state index < -0.39 is 65.5 Å². The van der Waals surface area contributed by atoms with Gasteiger partial charge in [0.25, 0.3) is 0 Å². The Morgan fingerprint density at radius 1 is 0.414 bits per heavy atom. The molecule has 0 unspecified atom stereocenters. The van der Waals surface area contributed by atoms with Gasteiger partial charge in [-0.25, -0.2) is 31.5 Å². The number of halogens is 19. The molecule has 2 fully saturated rings. The molecule has 145 heavy (non-hydrogen) atoms. The fourth-order valence-corrected chi connectivity index (χ4v) is 18.7. The second-order valence-corrected chi connectivity index (χ2v) is 38.4. The van der Waals surface area contributed by atoms with E-state index in [1.54, 1.807) is 108 Å². The zero-order valence-corrected chi connectivity index (χ0v) is 88.8. The van der Waals surface area contributed by atoms with Crippen molar-refractivity contribution < 1.29 is 80.6 Å². The molecule has 23 nitrogen and oxygen atoms in total. The highest BCUT2D eigenvalue weighted by atomic mass is 127. The summed E-state index contributed by atoms with van der Waals surface area (Å²) in [5, 5.41) is 46.0. The molecule has 0 amide bonds. The number of nitrogen functional groups attached to an aromatic ring is 1. The number of aromatic nitrogens is 4. The summed E-state index contributed by atoms with van der Waals surface area (Å²) in [6.07, 6.45) is 12.8. The highest BCUT2D eigenvalue weighted by Crippen LogP contribution is 2.39. The number of ether oxygens (including phenoxy) is 2. The molecule has 2 saturated carbocycles. The SMILES string of the molecule is CCOC(=O)CBr.CCOC(=O)Cn1c2cc(F)ccc2c(=O)c2ccc(Cl)c(Cl)c21.NC1CCCCC1.Nc1cccc(Cl)c1Cl.O=C(O)Cn1c2cc(F)ccc2c(=O)c2ccc(Cl)c(Cl)c21.O=C(O)Cn1c2cc(NC3CCCCC3)ccc2c(=O)c2ccc(Cl)c(Cl)c21.O=C(O)c1ccc(F)cc1Cc1cccc(Cl)c1Cl.O=C(O)c1ccc(F)cc1I.O=c1c2ccc(F)cc2[nH]c2c(Cl)c(Cl)ccc12. The minimum atomic E-state index is -1.15. The van der Waals surface area contributed by atoms with Gasteiger partial charge in [-0.2, -0.15) is 0 Å². The molecule has 0 bridgehead atoms. The van der Waals surface area contributed by atoms with E-state index in [9.17, 15) is 75.0 Å². The van der Waals surface area contributed by atoms with Crippen molar-refractivity contribution in [1.29, 1.82) is 0 Å². The first-order chi connectivity index (χ1) is 68.9. The Labute approximate surface area is 905 Å². The number of hydrogen-bond donors (Lipinski definition) is 8. The van der Waals surface area contributed by atoms with Crippen LogP contribution in [0.25, 0.3) is 87.2 Å². The lowest BCUT2D eigenvalue weighted by Gasteiger charge is -2.24. The molecule has 4 heterocycles. The quantitative estimate of drug-likeness (QED) is 0.0118. The van der Waals surface area contributed by atoms with Crippen LogP contribution in [0.4, 0.5) is 33.3 Å². The molecule has 0 atom stereocenters. The molecule has 2 aliphatic rings. The summed E-state index contributed by atoms with van der Waals surface area (Å²) in [7, 11) is 0. The number of rotatable bonds is 15. The number of pyridine rings is 4. The standard InChI is InChI=1S/C21H20Cl2N2O3.C17H12Cl2FNO3.C15H8Cl2FNO3.C14H9Cl2FO2.C13H6Cl2FNO.C7H4FIO2.C6H5Cl2N.C6H13N.C4H7BrO2/c22-16-9-8-15-20(19(16)23)25(11-18(26)27)17-10-13(6-7-14(17)21(15)28)24-12-4-2-1-3-5-12;1-2-24-14(22)8-21-13-7-9(20)3-4-10(13)17(23)11-5-6-12(18)15(19)16(11)21;16-10-4-3-9-14(13(10)17)19(6-12(20)21)11-5-7(18)1-2-8(11)15(9)22;15-12-3-1-2-8(13(12)16)6-9-7-10(17)4-5-11(9)14(18)19;14-9-4-3-8-12(11(9)15)17-10-5-6(16)1-2-7(10)13(8)18;8-4-1-2-5(7(10)11)6(9)3-4;7-4-2-1-3-5(9)6(4)8;7-6-4-2-1-3-5-6;1-2-7-4(6)3-5/h6-10,12,24H,1-5,11H2,(H,26,27);3-7H,2,8H2,1H3;1-5H,6H2,(H,20,21);1-5,7H,6H2,(H,18,19);1-5H,(H,17,18);1-3H,(H,10,11);1-3H,9H2;6H,1-5,7H2;2-3H2,1H3. The van der Waals surface area contributed by atoms with Crippen molar-refractivity contribution in [2.75, 3.05) is 29.6 Å². The zero-order valence-electron chi connectivity index (χ0n) is 76.0. The number of carbonyl (C=O) groups is 6. The second kappa shape index (κ2) is 54.3. The summed E-state index contributed by atoms with van der Waals surface area (Å²) in [4.78, 5) is 120. The number of nitrogens with two attached hydrogens (primary N) is 2. The number of aromatic amines is 1. The number of carboxylic acids is 4. The molecule has 10 N–H and O–H groups in total. The van der Waals surface area contributed by atoms with Crippen LogP contribution in [0.5, 0.6) is 0 Å². The number of benzene rings is 12. The Hall–Kier alpha value is -10.8. The van der Waals surface area contributed by atoms with Crippen LogP contribution in [0, 0.1) is 32.7 Å². The molecule has 4 aromatic heterocycles. The van der Waals surface area contributed by atoms with Gasteiger partial charge in [-0.1, -0.05) is 212 Å². The molecule has 760 valence electrons. The summed E-state index contributed by atoms with van der Waals surface area (Å²) in [5.41, 5.74) is 15.2. The number of alkyl halides is 1. The lowest BCUT2D eigenvalue weighted by molar-refractivity contribution is -0.144. The third-order valence-electron chi connectivity index (χ3n) is 22.2. The predicted molar refractivity (Wildman–Crippen MR) is 583 cm³/mol.